The van der Waals surface area contributed by atoms with E-state index >= 15 is 0 Å². The molecule has 1 heterocycles. The van der Waals surface area contributed by atoms with Crippen LogP contribution < -0.4 is 10.2 Å². The van der Waals surface area contributed by atoms with Crippen LogP contribution in [0, 0.1) is 0 Å². The van der Waals surface area contributed by atoms with Crippen LogP contribution in [0.2, 0.25) is 0 Å². The van der Waals surface area contributed by atoms with Gasteiger partial charge in [0.15, 0.2) is 0 Å². The predicted octanol–water partition coefficient (Wildman–Crippen LogP) is 2.77. The second-order valence-corrected chi connectivity index (χ2v) is 3.88. The van der Waals surface area contributed by atoms with E-state index in [1.54, 1.807) is 18.9 Å². The molecule has 0 unspecified atom stereocenters. The maximum Gasteiger partial charge on any atom is 0.451 e. The van der Waals surface area contributed by atoms with Gasteiger partial charge in [0.1, 0.15) is 11.6 Å². The summed E-state index contributed by atoms with van der Waals surface area (Å²) in [5.74, 6) is -0.646. The lowest BCUT2D eigenvalue weighted by Crippen LogP contribution is -2.22. The van der Waals surface area contributed by atoms with Gasteiger partial charge in [0.05, 0.1) is 0 Å². The van der Waals surface area contributed by atoms with Crippen molar-refractivity contribution in [1.82, 2.24) is 9.97 Å². The van der Waals surface area contributed by atoms with Gasteiger partial charge in [0.2, 0.25) is 5.82 Å². The normalized spacial score (nSPS) is 11.4. The van der Waals surface area contributed by atoms with E-state index in [0.717, 1.165) is 6.42 Å². The summed E-state index contributed by atoms with van der Waals surface area (Å²) in [6, 6.07) is 1.52. The van der Waals surface area contributed by atoms with Crippen molar-refractivity contribution < 1.29 is 13.2 Å². The molecule has 18 heavy (non-hydrogen) atoms. The molecule has 102 valence electrons. The van der Waals surface area contributed by atoms with Crippen LogP contribution in [0.25, 0.3) is 0 Å². The van der Waals surface area contributed by atoms with Gasteiger partial charge in [-0.05, 0) is 13.3 Å². The zero-order chi connectivity index (χ0) is 13.8. The van der Waals surface area contributed by atoms with Crippen molar-refractivity contribution in [1.29, 1.82) is 0 Å². The Morgan fingerprint density at radius 1 is 1.28 bits per heavy atom. The number of rotatable bonds is 5. The molecule has 0 aliphatic heterocycles. The van der Waals surface area contributed by atoms with Crippen LogP contribution in [-0.2, 0) is 6.18 Å². The van der Waals surface area contributed by atoms with Gasteiger partial charge in [-0.3, -0.25) is 0 Å². The molecule has 0 amide bonds. The van der Waals surface area contributed by atoms with Crippen molar-refractivity contribution in [3.63, 3.8) is 0 Å². The van der Waals surface area contributed by atoms with Crippen molar-refractivity contribution in [3.8, 4) is 0 Å². The van der Waals surface area contributed by atoms with Crippen molar-refractivity contribution >= 4 is 11.6 Å². The maximum atomic E-state index is 12.7. The SMILES string of the molecule is CCCN(C)c1cc(NCC)nc(C(F)(F)F)n1. The van der Waals surface area contributed by atoms with E-state index in [9.17, 15) is 13.2 Å². The second kappa shape index (κ2) is 5.88. The molecule has 1 aromatic heterocycles. The van der Waals surface area contributed by atoms with Crippen LogP contribution >= 0.6 is 0 Å². The molecule has 0 bridgehead atoms. The summed E-state index contributed by atoms with van der Waals surface area (Å²) in [5.41, 5.74) is 0. The van der Waals surface area contributed by atoms with E-state index in [1.165, 1.54) is 6.07 Å². The summed E-state index contributed by atoms with van der Waals surface area (Å²) >= 11 is 0. The summed E-state index contributed by atoms with van der Waals surface area (Å²) in [6.07, 6.45) is -3.70. The summed E-state index contributed by atoms with van der Waals surface area (Å²) in [4.78, 5) is 8.70. The average molecular weight is 262 g/mol. The fourth-order valence-corrected chi connectivity index (χ4v) is 1.48. The number of nitrogens with one attached hydrogen (secondary N) is 1. The van der Waals surface area contributed by atoms with E-state index in [1.807, 2.05) is 6.92 Å². The van der Waals surface area contributed by atoms with Crippen LogP contribution in [0.3, 0.4) is 0 Å². The molecule has 1 rings (SSSR count). The molecule has 7 heteroatoms. The minimum Gasteiger partial charge on any atom is -0.370 e. The Kier molecular flexibility index (Phi) is 4.75. The second-order valence-electron chi connectivity index (χ2n) is 3.88. The van der Waals surface area contributed by atoms with E-state index in [0.29, 0.717) is 13.1 Å². The Hall–Kier alpha value is -1.53. The molecule has 0 saturated carbocycles. The van der Waals surface area contributed by atoms with Crippen molar-refractivity contribution in [2.45, 2.75) is 26.4 Å². The Balaban J connectivity index is 3.13. The highest BCUT2D eigenvalue weighted by molar-refractivity contribution is 5.49. The summed E-state index contributed by atoms with van der Waals surface area (Å²) in [6.45, 7) is 4.89. The molecule has 4 nitrogen and oxygen atoms in total. The van der Waals surface area contributed by atoms with Crippen LogP contribution in [-0.4, -0.2) is 30.1 Å². The first kappa shape index (κ1) is 14.5. The van der Waals surface area contributed by atoms with E-state index in [2.05, 4.69) is 15.3 Å². The van der Waals surface area contributed by atoms with Crippen LogP contribution in [0.15, 0.2) is 6.07 Å². The lowest BCUT2D eigenvalue weighted by Gasteiger charge is -2.19. The van der Waals surface area contributed by atoms with Gasteiger partial charge >= 0.3 is 6.18 Å². The number of hydrogen-bond donors (Lipinski definition) is 1. The lowest BCUT2D eigenvalue weighted by molar-refractivity contribution is -0.144. The topological polar surface area (TPSA) is 41.0 Å². The average Bonchev–Trinajstić information content (AvgIpc) is 2.28. The molecule has 0 spiro atoms. The monoisotopic (exact) mass is 262 g/mol. The molecule has 0 aliphatic carbocycles. The van der Waals surface area contributed by atoms with E-state index in [4.69, 9.17) is 0 Å². The van der Waals surface area contributed by atoms with Gasteiger partial charge in [0.25, 0.3) is 0 Å². The molecule has 0 saturated heterocycles. The first-order chi connectivity index (χ1) is 8.38. The molecule has 1 N–H and O–H groups in total. The predicted molar refractivity (Wildman–Crippen MR) is 64.8 cm³/mol. The number of aromatic nitrogens is 2. The molecule has 0 radical (unpaired) electrons. The van der Waals surface area contributed by atoms with E-state index < -0.39 is 12.0 Å². The Labute approximate surface area is 104 Å². The number of anilines is 2. The highest BCUT2D eigenvalue weighted by Crippen LogP contribution is 2.29. The minimum absolute atomic E-state index is 0.192. The number of nitrogens with zero attached hydrogens (tertiary/aromatic N) is 3. The van der Waals surface area contributed by atoms with Gasteiger partial charge in [-0.25, -0.2) is 9.97 Å². The number of alkyl halides is 3. The minimum atomic E-state index is -4.53. The van der Waals surface area contributed by atoms with Crippen LogP contribution in [0.5, 0.6) is 0 Å². The fraction of sp³-hybridized carbons (Fsp3) is 0.636. The molecule has 0 atom stereocenters. The highest BCUT2D eigenvalue weighted by Gasteiger charge is 2.35. The Morgan fingerprint density at radius 3 is 2.44 bits per heavy atom. The van der Waals surface area contributed by atoms with Gasteiger partial charge in [-0.1, -0.05) is 6.92 Å². The molecule has 0 fully saturated rings. The Morgan fingerprint density at radius 2 is 1.94 bits per heavy atom. The van der Waals surface area contributed by atoms with E-state index in [-0.39, 0.29) is 11.6 Å². The highest BCUT2D eigenvalue weighted by atomic mass is 19.4. The zero-order valence-corrected chi connectivity index (χ0v) is 10.7. The lowest BCUT2D eigenvalue weighted by atomic mass is 10.4. The third-order valence-electron chi connectivity index (χ3n) is 2.27. The first-order valence-corrected chi connectivity index (χ1v) is 5.79. The van der Waals surface area contributed by atoms with Gasteiger partial charge < -0.3 is 10.2 Å². The quantitative estimate of drug-likeness (QED) is 0.886. The number of hydrogen-bond acceptors (Lipinski definition) is 4. The standard InChI is InChI=1S/C11H17F3N4/c1-4-6-18(3)9-7-8(15-5-2)16-10(17-9)11(12,13)14/h7H,4-6H2,1-3H3,(H,15,16,17). The molecule has 0 aliphatic rings. The van der Waals surface area contributed by atoms with Gasteiger partial charge in [-0.2, -0.15) is 13.2 Å². The first-order valence-electron chi connectivity index (χ1n) is 5.79. The molecule has 1 aromatic rings. The van der Waals surface area contributed by atoms with Crippen LogP contribution in [0.4, 0.5) is 24.8 Å². The third-order valence-corrected chi connectivity index (χ3v) is 2.27. The maximum absolute atomic E-state index is 12.7. The van der Waals surface area contributed by atoms with Gasteiger partial charge in [0, 0.05) is 26.2 Å². The zero-order valence-electron chi connectivity index (χ0n) is 10.7. The number of halogens is 3. The van der Waals surface area contributed by atoms with Crippen molar-refractivity contribution in [2.24, 2.45) is 0 Å². The molecule has 0 aromatic carbocycles. The Bertz CT molecular complexity index is 392. The van der Waals surface area contributed by atoms with Crippen molar-refractivity contribution in [2.75, 3.05) is 30.4 Å². The van der Waals surface area contributed by atoms with Crippen LogP contribution in [0.1, 0.15) is 26.1 Å². The third kappa shape index (κ3) is 3.75. The summed E-state index contributed by atoms with van der Waals surface area (Å²) < 4.78 is 38.0. The summed E-state index contributed by atoms with van der Waals surface area (Å²) in [7, 11) is 1.71. The summed E-state index contributed by atoms with van der Waals surface area (Å²) in [5, 5.41) is 2.78. The smallest absolute Gasteiger partial charge is 0.370 e. The molecular weight excluding hydrogens is 245 g/mol. The largest absolute Gasteiger partial charge is 0.451 e. The van der Waals surface area contributed by atoms with Crippen molar-refractivity contribution in [3.05, 3.63) is 11.9 Å². The fourth-order valence-electron chi connectivity index (χ4n) is 1.48. The van der Waals surface area contributed by atoms with Gasteiger partial charge in [-0.15, -0.1) is 0 Å². The molecular formula is C11H17F3N4.